The summed E-state index contributed by atoms with van der Waals surface area (Å²) in [7, 11) is 0. The van der Waals surface area contributed by atoms with Crippen LogP contribution in [0.4, 0.5) is 5.69 Å². The number of nitrogens with zero attached hydrogens (tertiary/aromatic N) is 1. The normalized spacial score (nSPS) is 10.2. The van der Waals surface area contributed by atoms with Crippen molar-refractivity contribution >= 4 is 23.5 Å². The number of hydrogen-bond acceptors (Lipinski definition) is 7. The number of esters is 1. The average molecular weight is 375 g/mol. The predicted molar refractivity (Wildman–Crippen MR) is 95.2 cm³/mol. The Kier molecular flexibility index (Phi) is 6.93. The molecule has 2 aromatic rings. The van der Waals surface area contributed by atoms with Crippen molar-refractivity contribution in [3.05, 3.63) is 41.2 Å². The summed E-state index contributed by atoms with van der Waals surface area (Å²) >= 11 is 0. The molecular weight excluding hydrogens is 354 g/mol. The molecule has 0 unspecified atom stereocenters. The van der Waals surface area contributed by atoms with Crippen molar-refractivity contribution in [1.82, 2.24) is 10.5 Å². The SMILES string of the molecule is Cc1cc(OCC(=O)OCC(=O)NCC(=O)Nc2c(C)cccc2C)no1. The number of carbonyl (C=O) groups excluding carboxylic acids is 3. The van der Waals surface area contributed by atoms with Crippen LogP contribution >= 0.6 is 0 Å². The zero-order valence-corrected chi connectivity index (χ0v) is 15.3. The van der Waals surface area contributed by atoms with Crippen LogP contribution in [0.2, 0.25) is 0 Å². The lowest BCUT2D eigenvalue weighted by molar-refractivity contribution is -0.150. The van der Waals surface area contributed by atoms with Gasteiger partial charge in [0.1, 0.15) is 5.76 Å². The highest BCUT2D eigenvalue weighted by Crippen LogP contribution is 2.18. The third-order valence-electron chi connectivity index (χ3n) is 3.50. The summed E-state index contributed by atoms with van der Waals surface area (Å²) in [6.45, 7) is 4.27. The molecule has 0 spiro atoms. The number of nitrogens with one attached hydrogen (secondary N) is 2. The first-order valence-electron chi connectivity index (χ1n) is 8.19. The zero-order chi connectivity index (χ0) is 19.8. The van der Waals surface area contributed by atoms with Crippen LogP contribution in [0.5, 0.6) is 5.88 Å². The molecule has 2 rings (SSSR count). The first kappa shape index (κ1) is 20.0. The maximum atomic E-state index is 12.0. The van der Waals surface area contributed by atoms with E-state index in [2.05, 4.69) is 15.8 Å². The van der Waals surface area contributed by atoms with Crippen molar-refractivity contribution in [3.8, 4) is 5.88 Å². The van der Waals surface area contributed by atoms with Gasteiger partial charge in [-0.25, -0.2) is 4.79 Å². The van der Waals surface area contributed by atoms with Crippen LogP contribution in [0, 0.1) is 20.8 Å². The first-order valence-corrected chi connectivity index (χ1v) is 8.19. The number of benzene rings is 1. The van der Waals surface area contributed by atoms with Crippen molar-refractivity contribution in [2.45, 2.75) is 20.8 Å². The molecule has 27 heavy (non-hydrogen) atoms. The highest BCUT2D eigenvalue weighted by molar-refractivity contribution is 5.96. The molecule has 2 N–H and O–H groups in total. The van der Waals surface area contributed by atoms with E-state index in [-0.39, 0.29) is 18.3 Å². The largest absolute Gasteiger partial charge is 0.463 e. The summed E-state index contributed by atoms with van der Waals surface area (Å²) in [4.78, 5) is 35.1. The van der Waals surface area contributed by atoms with Crippen LogP contribution in [-0.4, -0.2) is 42.7 Å². The number of anilines is 1. The molecule has 2 amide bonds. The number of para-hydroxylation sites is 1. The van der Waals surface area contributed by atoms with Crippen molar-refractivity contribution in [2.75, 3.05) is 25.1 Å². The van der Waals surface area contributed by atoms with Gasteiger partial charge in [-0.15, -0.1) is 0 Å². The summed E-state index contributed by atoms with van der Waals surface area (Å²) < 4.78 is 14.6. The standard InChI is InChI=1S/C18H21N3O6/c1-11-5-4-6-12(2)18(11)20-14(22)8-19-15(23)9-26-17(24)10-25-16-7-13(3)27-21-16/h4-7H,8-10H2,1-3H3,(H,19,23)(H,20,22). The van der Waals surface area contributed by atoms with Crippen LogP contribution in [0.25, 0.3) is 0 Å². The minimum atomic E-state index is -0.745. The summed E-state index contributed by atoms with van der Waals surface area (Å²) in [5.74, 6) is -1.03. The van der Waals surface area contributed by atoms with Gasteiger partial charge in [0.25, 0.3) is 11.8 Å². The molecule has 0 aliphatic carbocycles. The van der Waals surface area contributed by atoms with Gasteiger partial charge in [-0.05, 0) is 37.1 Å². The summed E-state index contributed by atoms with van der Waals surface area (Å²) in [6.07, 6.45) is 0. The molecule has 0 radical (unpaired) electrons. The molecule has 9 nitrogen and oxygen atoms in total. The monoisotopic (exact) mass is 375 g/mol. The molecule has 9 heteroatoms. The number of amides is 2. The van der Waals surface area contributed by atoms with E-state index in [0.717, 1.165) is 11.1 Å². The predicted octanol–water partition coefficient (Wildman–Crippen LogP) is 1.28. The Balaban J connectivity index is 1.66. The van der Waals surface area contributed by atoms with Crippen LogP contribution in [0.1, 0.15) is 16.9 Å². The van der Waals surface area contributed by atoms with Gasteiger partial charge in [-0.1, -0.05) is 18.2 Å². The molecule has 1 aromatic carbocycles. The van der Waals surface area contributed by atoms with Crippen LogP contribution in [-0.2, 0) is 19.1 Å². The molecule has 0 bridgehead atoms. The Morgan fingerprint density at radius 3 is 2.41 bits per heavy atom. The third kappa shape index (κ3) is 6.46. The molecule has 1 aromatic heterocycles. The fourth-order valence-corrected chi connectivity index (χ4v) is 2.16. The zero-order valence-electron chi connectivity index (χ0n) is 15.3. The number of ether oxygens (including phenoxy) is 2. The third-order valence-corrected chi connectivity index (χ3v) is 3.50. The molecule has 0 atom stereocenters. The smallest absolute Gasteiger partial charge is 0.344 e. The molecule has 0 saturated heterocycles. The Hall–Kier alpha value is -3.36. The van der Waals surface area contributed by atoms with E-state index < -0.39 is 25.1 Å². The maximum Gasteiger partial charge on any atom is 0.344 e. The topological polar surface area (TPSA) is 120 Å². The lowest BCUT2D eigenvalue weighted by Gasteiger charge is -2.12. The lowest BCUT2D eigenvalue weighted by atomic mass is 10.1. The van der Waals surface area contributed by atoms with E-state index in [9.17, 15) is 14.4 Å². The van der Waals surface area contributed by atoms with Crippen LogP contribution in [0.3, 0.4) is 0 Å². The number of aryl methyl sites for hydroxylation is 3. The summed E-state index contributed by atoms with van der Waals surface area (Å²) in [5.41, 5.74) is 2.56. The van der Waals surface area contributed by atoms with E-state index in [0.29, 0.717) is 11.4 Å². The minimum Gasteiger partial charge on any atom is -0.463 e. The summed E-state index contributed by atoms with van der Waals surface area (Å²) in [6, 6.07) is 7.16. The van der Waals surface area contributed by atoms with Gasteiger partial charge in [-0.3, -0.25) is 9.59 Å². The van der Waals surface area contributed by atoms with E-state index >= 15 is 0 Å². The number of rotatable bonds is 8. The number of aromatic nitrogens is 1. The van der Waals surface area contributed by atoms with Gasteiger partial charge < -0.3 is 24.6 Å². The van der Waals surface area contributed by atoms with Gasteiger partial charge in [0, 0.05) is 11.8 Å². The molecule has 0 fully saturated rings. The van der Waals surface area contributed by atoms with Gasteiger partial charge in [0.05, 0.1) is 6.54 Å². The Labute approximate surface area is 156 Å². The second-order valence-electron chi connectivity index (χ2n) is 5.82. The minimum absolute atomic E-state index is 0.150. The molecule has 144 valence electrons. The Bertz CT molecular complexity index is 810. The van der Waals surface area contributed by atoms with Crippen molar-refractivity contribution in [2.24, 2.45) is 0 Å². The van der Waals surface area contributed by atoms with E-state index in [1.807, 2.05) is 32.0 Å². The Morgan fingerprint density at radius 1 is 1.07 bits per heavy atom. The van der Waals surface area contributed by atoms with E-state index in [1.54, 1.807) is 6.92 Å². The van der Waals surface area contributed by atoms with Crippen molar-refractivity contribution in [3.63, 3.8) is 0 Å². The van der Waals surface area contributed by atoms with Gasteiger partial charge in [-0.2, -0.15) is 0 Å². The van der Waals surface area contributed by atoms with Crippen LogP contribution in [0.15, 0.2) is 28.8 Å². The highest BCUT2D eigenvalue weighted by Gasteiger charge is 2.12. The fraction of sp³-hybridized carbons (Fsp3) is 0.333. The second-order valence-corrected chi connectivity index (χ2v) is 5.82. The summed E-state index contributed by atoms with van der Waals surface area (Å²) in [5, 5.41) is 8.67. The van der Waals surface area contributed by atoms with Gasteiger partial charge >= 0.3 is 5.97 Å². The van der Waals surface area contributed by atoms with Gasteiger partial charge in [0.15, 0.2) is 13.2 Å². The van der Waals surface area contributed by atoms with Gasteiger partial charge in [0.2, 0.25) is 5.91 Å². The lowest BCUT2D eigenvalue weighted by Crippen LogP contribution is -2.36. The van der Waals surface area contributed by atoms with E-state index in [1.165, 1.54) is 6.07 Å². The quantitative estimate of drug-likeness (QED) is 0.667. The first-order chi connectivity index (χ1) is 12.8. The number of carbonyl (C=O) groups is 3. The second kappa shape index (κ2) is 9.37. The maximum absolute atomic E-state index is 12.0. The molecular formula is C18H21N3O6. The van der Waals surface area contributed by atoms with Crippen molar-refractivity contribution in [1.29, 1.82) is 0 Å². The molecule has 0 saturated carbocycles. The fourth-order valence-electron chi connectivity index (χ4n) is 2.16. The van der Waals surface area contributed by atoms with E-state index in [4.69, 9.17) is 14.0 Å². The molecule has 1 heterocycles. The number of hydrogen-bond donors (Lipinski definition) is 2. The Morgan fingerprint density at radius 2 is 1.78 bits per heavy atom. The average Bonchev–Trinajstić information content (AvgIpc) is 3.05. The molecule has 0 aliphatic rings. The van der Waals surface area contributed by atoms with Crippen LogP contribution < -0.4 is 15.4 Å². The highest BCUT2D eigenvalue weighted by atomic mass is 16.6. The molecule has 0 aliphatic heterocycles. The van der Waals surface area contributed by atoms with Crippen molar-refractivity contribution < 1.29 is 28.4 Å².